The fourth-order valence-corrected chi connectivity index (χ4v) is 4.16. The average molecular weight is 361 g/mol. The number of amides is 1. The zero-order valence-electron chi connectivity index (χ0n) is 15.3. The minimum Gasteiger partial charge on any atom is -0.369 e. The van der Waals surface area contributed by atoms with Gasteiger partial charge >= 0.3 is 0 Å². The lowest BCUT2D eigenvalue weighted by molar-refractivity contribution is 0.0956. The molecule has 0 atom stereocenters. The van der Waals surface area contributed by atoms with Gasteiger partial charge in [0.15, 0.2) is 0 Å². The Morgan fingerprint density at radius 3 is 2.56 bits per heavy atom. The van der Waals surface area contributed by atoms with Gasteiger partial charge in [-0.25, -0.2) is 4.98 Å². The average Bonchev–Trinajstić information content (AvgIpc) is 2.96. The molecule has 1 aromatic heterocycles. The molecule has 0 spiro atoms. The van der Waals surface area contributed by atoms with Crippen LogP contribution in [-0.4, -0.2) is 53.1 Å². The molecule has 138 valence electrons. The molecule has 0 unspecified atom stereocenters. The summed E-state index contributed by atoms with van der Waals surface area (Å²) in [5.41, 5.74) is 3.93. The quantitative estimate of drug-likeness (QED) is 0.776. The predicted molar refractivity (Wildman–Crippen MR) is 106 cm³/mol. The maximum absolute atomic E-state index is 12.3. The van der Waals surface area contributed by atoms with Gasteiger partial charge in [-0.05, 0) is 24.3 Å². The number of hydrogen-bond donors (Lipinski definition) is 1. The normalized spacial score (nSPS) is 17.8. The van der Waals surface area contributed by atoms with Crippen LogP contribution in [0.2, 0.25) is 0 Å². The van der Waals surface area contributed by atoms with Crippen LogP contribution >= 0.6 is 0 Å². The van der Waals surface area contributed by atoms with Gasteiger partial charge in [-0.1, -0.05) is 24.3 Å². The second-order valence-corrected chi connectivity index (χ2v) is 7.21. The van der Waals surface area contributed by atoms with Crippen LogP contribution in [0, 0.1) is 0 Å². The van der Waals surface area contributed by atoms with Crippen molar-refractivity contribution in [3.8, 4) is 0 Å². The summed E-state index contributed by atoms with van der Waals surface area (Å²) in [6.07, 6.45) is 0. The Kier molecular flexibility index (Phi) is 4.05. The number of carbonyl (C=O) groups excluding carboxylic acids is 1. The summed E-state index contributed by atoms with van der Waals surface area (Å²) in [5.74, 6) is 1.06. The molecule has 6 nitrogen and oxygen atoms in total. The van der Waals surface area contributed by atoms with Crippen molar-refractivity contribution in [2.75, 3.05) is 37.6 Å². The summed E-state index contributed by atoms with van der Waals surface area (Å²) in [6, 6.07) is 16.4. The molecule has 2 aliphatic heterocycles. The van der Waals surface area contributed by atoms with Crippen molar-refractivity contribution >= 4 is 22.6 Å². The Hall–Kier alpha value is -2.86. The topological polar surface area (TPSA) is 53.4 Å². The molecule has 0 radical (unpaired) electrons. The van der Waals surface area contributed by atoms with Gasteiger partial charge in [0, 0.05) is 45.0 Å². The molecule has 0 bridgehead atoms. The highest BCUT2D eigenvalue weighted by Gasteiger charge is 2.23. The lowest BCUT2D eigenvalue weighted by Gasteiger charge is -2.36. The number of nitrogens with zero attached hydrogens (tertiary/aromatic N) is 4. The highest BCUT2D eigenvalue weighted by Crippen LogP contribution is 2.24. The molecule has 0 aliphatic carbocycles. The van der Waals surface area contributed by atoms with Crippen LogP contribution in [0.3, 0.4) is 0 Å². The molecular formula is C21H23N5O. The summed E-state index contributed by atoms with van der Waals surface area (Å²) < 4.78 is 2.23. The van der Waals surface area contributed by atoms with Gasteiger partial charge in [0.2, 0.25) is 0 Å². The lowest BCUT2D eigenvalue weighted by Crippen LogP contribution is -2.46. The number of anilines is 1. The van der Waals surface area contributed by atoms with Crippen molar-refractivity contribution in [3.05, 3.63) is 59.9 Å². The summed E-state index contributed by atoms with van der Waals surface area (Å²) in [5, 5.41) is 2.98. The number of rotatable bonds is 3. The van der Waals surface area contributed by atoms with Crippen LogP contribution in [0.25, 0.3) is 11.0 Å². The Labute approximate surface area is 158 Å². The van der Waals surface area contributed by atoms with E-state index in [0.717, 1.165) is 61.7 Å². The van der Waals surface area contributed by atoms with Crippen LogP contribution in [-0.2, 0) is 13.1 Å². The van der Waals surface area contributed by atoms with Crippen molar-refractivity contribution in [2.45, 2.75) is 13.1 Å². The van der Waals surface area contributed by atoms with Crippen LogP contribution in [0.15, 0.2) is 48.5 Å². The molecule has 1 fully saturated rings. The number of hydrogen-bond acceptors (Lipinski definition) is 4. The second kappa shape index (κ2) is 6.70. The van der Waals surface area contributed by atoms with Gasteiger partial charge in [0.1, 0.15) is 5.82 Å². The third-order valence-corrected chi connectivity index (χ3v) is 5.57. The van der Waals surface area contributed by atoms with Crippen molar-refractivity contribution in [1.82, 2.24) is 19.8 Å². The SMILES string of the molecule is O=C1NCCn2c(CN3CCN(c4ccccc4)CC3)nc3cccc1c32. The molecule has 2 aliphatic rings. The van der Waals surface area contributed by atoms with Crippen LogP contribution in [0.1, 0.15) is 16.2 Å². The smallest absolute Gasteiger partial charge is 0.253 e. The maximum atomic E-state index is 12.3. The predicted octanol–water partition coefficient (Wildman–Crippen LogP) is 2.10. The van der Waals surface area contributed by atoms with Gasteiger partial charge in [0.25, 0.3) is 5.91 Å². The number of piperazine rings is 1. The van der Waals surface area contributed by atoms with Gasteiger partial charge in [-0.2, -0.15) is 0 Å². The molecule has 3 heterocycles. The molecular weight excluding hydrogens is 338 g/mol. The van der Waals surface area contributed by atoms with Gasteiger partial charge < -0.3 is 14.8 Å². The van der Waals surface area contributed by atoms with E-state index < -0.39 is 0 Å². The van der Waals surface area contributed by atoms with E-state index in [1.165, 1.54) is 5.69 Å². The Bertz CT molecular complexity index is 973. The monoisotopic (exact) mass is 361 g/mol. The lowest BCUT2D eigenvalue weighted by atomic mass is 10.2. The largest absolute Gasteiger partial charge is 0.369 e. The molecule has 1 amide bonds. The van der Waals surface area contributed by atoms with E-state index in [2.05, 4.69) is 50.0 Å². The minimum absolute atomic E-state index is 0.00211. The molecule has 5 rings (SSSR count). The van der Waals surface area contributed by atoms with Crippen molar-refractivity contribution in [3.63, 3.8) is 0 Å². The number of nitrogens with one attached hydrogen (secondary N) is 1. The maximum Gasteiger partial charge on any atom is 0.253 e. The second-order valence-electron chi connectivity index (χ2n) is 7.21. The molecule has 0 saturated carbocycles. The van der Waals surface area contributed by atoms with E-state index in [9.17, 15) is 4.79 Å². The molecule has 6 heteroatoms. The van der Waals surface area contributed by atoms with Gasteiger partial charge in [-0.3, -0.25) is 9.69 Å². The third-order valence-electron chi connectivity index (χ3n) is 5.57. The molecule has 3 aromatic rings. The van der Waals surface area contributed by atoms with Crippen molar-refractivity contribution in [1.29, 1.82) is 0 Å². The van der Waals surface area contributed by atoms with E-state index in [1.807, 2.05) is 18.2 Å². The summed E-state index contributed by atoms with van der Waals surface area (Å²) in [7, 11) is 0. The zero-order chi connectivity index (χ0) is 18.2. The molecule has 1 saturated heterocycles. The first-order valence-corrected chi connectivity index (χ1v) is 9.58. The Morgan fingerprint density at radius 1 is 0.926 bits per heavy atom. The van der Waals surface area contributed by atoms with E-state index in [-0.39, 0.29) is 5.91 Å². The first-order valence-electron chi connectivity index (χ1n) is 9.58. The fourth-order valence-electron chi connectivity index (χ4n) is 4.16. The molecule has 2 aromatic carbocycles. The van der Waals surface area contributed by atoms with Crippen molar-refractivity contribution < 1.29 is 4.79 Å². The number of imidazole rings is 1. The van der Waals surface area contributed by atoms with E-state index in [0.29, 0.717) is 6.54 Å². The molecule has 1 N–H and O–H groups in total. The minimum atomic E-state index is 0.00211. The van der Waals surface area contributed by atoms with Gasteiger partial charge in [0.05, 0.1) is 23.1 Å². The fraction of sp³-hybridized carbons (Fsp3) is 0.333. The highest BCUT2D eigenvalue weighted by atomic mass is 16.1. The van der Waals surface area contributed by atoms with E-state index in [1.54, 1.807) is 0 Å². The summed E-state index contributed by atoms with van der Waals surface area (Å²) in [6.45, 7) is 6.33. The first kappa shape index (κ1) is 16.3. The third kappa shape index (κ3) is 2.96. The first-order chi connectivity index (χ1) is 13.3. The van der Waals surface area contributed by atoms with E-state index >= 15 is 0 Å². The van der Waals surface area contributed by atoms with Crippen molar-refractivity contribution in [2.24, 2.45) is 0 Å². The molecule has 27 heavy (non-hydrogen) atoms. The van der Waals surface area contributed by atoms with Crippen LogP contribution < -0.4 is 10.2 Å². The highest BCUT2D eigenvalue weighted by molar-refractivity contribution is 6.05. The number of para-hydroxylation sites is 2. The van der Waals surface area contributed by atoms with Crippen LogP contribution in [0.5, 0.6) is 0 Å². The van der Waals surface area contributed by atoms with Crippen LogP contribution in [0.4, 0.5) is 5.69 Å². The number of carbonyl (C=O) groups is 1. The summed E-state index contributed by atoms with van der Waals surface area (Å²) >= 11 is 0. The summed E-state index contributed by atoms with van der Waals surface area (Å²) in [4.78, 5) is 22.1. The number of benzene rings is 2. The number of aromatic nitrogens is 2. The Morgan fingerprint density at radius 2 is 1.74 bits per heavy atom. The zero-order valence-corrected chi connectivity index (χ0v) is 15.3. The van der Waals surface area contributed by atoms with Gasteiger partial charge in [-0.15, -0.1) is 0 Å². The standard InChI is InChI=1S/C21H23N5O/c27-21-17-7-4-8-18-20(17)26(10-9-22-21)19(23-18)15-24-11-13-25(14-12-24)16-5-2-1-3-6-16/h1-8H,9-15H2,(H,22,27). The van der Waals surface area contributed by atoms with E-state index in [4.69, 9.17) is 4.98 Å². The Balaban J connectivity index is 1.36.